The molecular formula is C14H22N2O2S. The second-order valence-electron chi connectivity index (χ2n) is 5.55. The molecule has 2 heterocycles. The van der Waals surface area contributed by atoms with Crippen LogP contribution < -0.4 is 4.90 Å². The Morgan fingerprint density at radius 1 is 1.63 bits per heavy atom. The molecule has 0 amide bonds. The SMILES string of the molecule is CCOC(=O)C(C)(C)c1csc(N2CCCC2C)n1. The van der Waals surface area contributed by atoms with Crippen LogP contribution in [0.3, 0.4) is 0 Å². The van der Waals surface area contributed by atoms with Crippen LogP contribution in [0.15, 0.2) is 5.38 Å². The van der Waals surface area contributed by atoms with Crippen molar-refractivity contribution in [3.05, 3.63) is 11.1 Å². The normalized spacial score (nSPS) is 19.8. The number of carbonyl (C=O) groups excluding carboxylic acids is 1. The highest BCUT2D eigenvalue weighted by Gasteiger charge is 2.35. The molecule has 1 aromatic rings. The summed E-state index contributed by atoms with van der Waals surface area (Å²) in [6, 6.07) is 0.546. The number of nitrogens with zero attached hydrogens (tertiary/aromatic N) is 2. The second kappa shape index (κ2) is 5.49. The van der Waals surface area contributed by atoms with Gasteiger partial charge >= 0.3 is 5.97 Å². The van der Waals surface area contributed by atoms with Gasteiger partial charge < -0.3 is 9.64 Å². The van der Waals surface area contributed by atoms with E-state index in [2.05, 4.69) is 16.8 Å². The molecule has 0 saturated carbocycles. The van der Waals surface area contributed by atoms with E-state index >= 15 is 0 Å². The minimum atomic E-state index is -0.673. The average molecular weight is 282 g/mol. The third-order valence-electron chi connectivity index (χ3n) is 3.72. The van der Waals surface area contributed by atoms with E-state index in [-0.39, 0.29) is 5.97 Å². The first kappa shape index (κ1) is 14.3. The molecule has 0 radical (unpaired) electrons. The van der Waals surface area contributed by atoms with Crippen molar-refractivity contribution in [3.8, 4) is 0 Å². The van der Waals surface area contributed by atoms with Gasteiger partial charge in [-0.05, 0) is 40.5 Å². The van der Waals surface area contributed by atoms with Gasteiger partial charge in [0.1, 0.15) is 5.41 Å². The van der Waals surface area contributed by atoms with Gasteiger partial charge in [0.05, 0.1) is 12.3 Å². The Morgan fingerprint density at radius 2 is 2.37 bits per heavy atom. The standard InChI is InChI=1S/C14H22N2O2S/c1-5-18-12(17)14(3,4)11-9-19-13(15-11)16-8-6-7-10(16)2/h9-10H,5-8H2,1-4H3. The lowest BCUT2D eigenvalue weighted by molar-refractivity contribution is -0.148. The molecule has 0 aromatic carbocycles. The highest BCUT2D eigenvalue weighted by atomic mass is 32.1. The molecule has 1 saturated heterocycles. The zero-order valence-corrected chi connectivity index (χ0v) is 12.9. The van der Waals surface area contributed by atoms with Crippen molar-refractivity contribution in [2.45, 2.75) is 52.0 Å². The molecule has 0 aliphatic carbocycles. The first-order valence-corrected chi connectivity index (χ1v) is 7.74. The van der Waals surface area contributed by atoms with Crippen molar-refractivity contribution in [3.63, 3.8) is 0 Å². The number of thiazole rings is 1. The molecule has 19 heavy (non-hydrogen) atoms. The van der Waals surface area contributed by atoms with Gasteiger partial charge in [-0.25, -0.2) is 4.98 Å². The highest BCUT2D eigenvalue weighted by Crippen LogP contribution is 2.33. The van der Waals surface area contributed by atoms with Crippen molar-refractivity contribution in [2.75, 3.05) is 18.1 Å². The Balaban J connectivity index is 2.18. The molecule has 1 unspecified atom stereocenters. The molecule has 5 heteroatoms. The van der Waals surface area contributed by atoms with Crippen molar-refractivity contribution in [1.29, 1.82) is 0 Å². The molecule has 4 nitrogen and oxygen atoms in total. The Kier molecular flexibility index (Phi) is 4.13. The average Bonchev–Trinajstić information content (AvgIpc) is 2.97. The molecule has 1 fully saturated rings. The van der Waals surface area contributed by atoms with Crippen LogP contribution in [0.1, 0.15) is 46.2 Å². The number of anilines is 1. The van der Waals surface area contributed by atoms with Gasteiger partial charge in [-0.15, -0.1) is 11.3 Å². The van der Waals surface area contributed by atoms with E-state index in [9.17, 15) is 4.79 Å². The number of carbonyl (C=O) groups is 1. The van der Waals surface area contributed by atoms with E-state index in [4.69, 9.17) is 4.74 Å². The Labute approximate surface area is 118 Å². The molecule has 106 valence electrons. The predicted molar refractivity (Wildman–Crippen MR) is 77.8 cm³/mol. The minimum absolute atomic E-state index is 0.207. The zero-order valence-electron chi connectivity index (χ0n) is 12.1. The summed E-state index contributed by atoms with van der Waals surface area (Å²) in [5.74, 6) is -0.207. The lowest BCUT2D eigenvalue weighted by atomic mass is 9.90. The number of aromatic nitrogens is 1. The van der Waals surface area contributed by atoms with Gasteiger partial charge in [0, 0.05) is 18.0 Å². The van der Waals surface area contributed by atoms with E-state index in [1.54, 1.807) is 11.3 Å². The molecule has 1 atom stereocenters. The van der Waals surface area contributed by atoms with Gasteiger partial charge in [-0.1, -0.05) is 0 Å². The van der Waals surface area contributed by atoms with Crippen molar-refractivity contribution in [2.24, 2.45) is 0 Å². The molecular weight excluding hydrogens is 260 g/mol. The topological polar surface area (TPSA) is 42.4 Å². The molecule has 1 aliphatic rings. The van der Waals surface area contributed by atoms with Gasteiger partial charge in [0.25, 0.3) is 0 Å². The van der Waals surface area contributed by atoms with E-state index in [0.29, 0.717) is 12.6 Å². The first-order valence-electron chi connectivity index (χ1n) is 6.86. The largest absolute Gasteiger partial charge is 0.465 e. The maximum atomic E-state index is 12.0. The number of rotatable bonds is 4. The van der Waals surface area contributed by atoms with Gasteiger partial charge in [0.2, 0.25) is 0 Å². The van der Waals surface area contributed by atoms with Crippen LogP contribution in [0.2, 0.25) is 0 Å². The lowest BCUT2D eigenvalue weighted by Gasteiger charge is -2.22. The van der Waals surface area contributed by atoms with E-state index in [1.807, 2.05) is 26.2 Å². The van der Waals surface area contributed by atoms with Crippen molar-refractivity contribution >= 4 is 22.4 Å². The number of hydrogen-bond acceptors (Lipinski definition) is 5. The molecule has 0 N–H and O–H groups in total. The summed E-state index contributed by atoms with van der Waals surface area (Å²) in [5.41, 5.74) is 0.137. The molecule has 0 spiro atoms. The molecule has 2 rings (SSSR count). The van der Waals surface area contributed by atoms with Crippen LogP contribution in [0.4, 0.5) is 5.13 Å². The number of hydrogen-bond donors (Lipinski definition) is 0. The summed E-state index contributed by atoms with van der Waals surface area (Å²) in [4.78, 5) is 19.0. The molecule has 0 bridgehead atoms. The van der Waals surface area contributed by atoms with Crippen LogP contribution >= 0.6 is 11.3 Å². The van der Waals surface area contributed by atoms with E-state index in [0.717, 1.165) is 17.4 Å². The Hall–Kier alpha value is -1.10. The molecule has 1 aromatic heterocycles. The first-order chi connectivity index (χ1) is 8.96. The van der Waals surface area contributed by atoms with E-state index in [1.165, 1.54) is 12.8 Å². The van der Waals surface area contributed by atoms with Crippen LogP contribution in [0.25, 0.3) is 0 Å². The lowest BCUT2D eigenvalue weighted by Crippen LogP contribution is -2.32. The third kappa shape index (κ3) is 2.76. The predicted octanol–water partition coefficient (Wildman–Crippen LogP) is 2.97. The maximum Gasteiger partial charge on any atom is 0.317 e. The van der Waals surface area contributed by atoms with Crippen LogP contribution in [-0.2, 0) is 14.9 Å². The number of esters is 1. The van der Waals surface area contributed by atoms with Crippen LogP contribution in [0, 0.1) is 0 Å². The van der Waals surface area contributed by atoms with Gasteiger partial charge in [0.15, 0.2) is 5.13 Å². The summed E-state index contributed by atoms with van der Waals surface area (Å²) in [5, 5.41) is 3.01. The fourth-order valence-electron chi connectivity index (χ4n) is 2.32. The van der Waals surface area contributed by atoms with Crippen LogP contribution in [-0.4, -0.2) is 30.1 Å². The van der Waals surface area contributed by atoms with Gasteiger partial charge in [-0.2, -0.15) is 0 Å². The fourth-order valence-corrected chi connectivity index (χ4v) is 3.44. The van der Waals surface area contributed by atoms with Gasteiger partial charge in [-0.3, -0.25) is 4.79 Å². The summed E-state index contributed by atoms with van der Waals surface area (Å²) in [7, 11) is 0. The summed E-state index contributed by atoms with van der Waals surface area (Å²) in [6.45, 7) is 9.27. The smallest absolute Gasteiger partial charge is 0.317 e. The number of ether oxygens (including phenoxy) is 1. The summed E-state index contributed by atoms with van der Waals surface area (Å²) < 4.78 is 5.13. The molecule has 1 aliphatic heterocycles. The monoisotopic (exact) mass is 282 g/mol. The Morgan fingerprint density at radius 3 is 2.95 bits per heavy atom. The minimum Gasteiger partial charge on any atom is -0.465 e. The van der Waals surface area contributed by atoms with Crippen molar-refractivity contribution in [1.82, 2.24) is 4.98 Å². The highest BCUT2D eigenvalue weighted by molar-refractivity contribution is 7.13. The quantitative estimate of drug-likeness (QED) is 0.796. The van der Waals surface area contributed by atoms with Crippen LogP contribution in [0.5, 0.6) is 0 Å². The summed E-state index contributed by atoms with van der Waals surface area (Å²) in [6.07, 6.45) is 2.44. The second-order valence-corrected chi connectivity index (χ2v) is 6.38. The maximum absolute atomic E-state index is 12.0. The summed E-state index contributed by atoms with van der Waals surface area (Å²) >= 11 is 1.62. The zero-order chi connectivity index (χ0) is 14.0. The van der Waals surface area contributed by atoms with Crippen molar-refractivity contribution < 1.29 is 9.53 Å². The third-order valence-corrected chi connectivity index (χ3v) is 4.59. The van der Waals surface area contributed by atoms with E-state index < -0.39 is 5.41 Å². The fraction of sp³-hybridized carbons (Fsp3) is 0.714. The Bertz CT molecular complexity index is 456.